The Morgan fingerprint density at radius 2 is 2.24 bits per heavy atom. The van der Waals surface area contributed by atoms with E-state index >= 15 is 0 Å². The van der Waals surface area contributed by atoms with Crippen LogP contribution in [0, 0.1) is 0 Å². The van der Waals surface area contributed by atoms with E-state index in [1.807, 2.05) is 11.8 Å². The molecule has 2 N–H and O–H groups in total. The number of carboxylic acid groups (broad SMARTS) is 1. The molecule has 0 radical (unpaired) electrons. The fraction of sp³-hybridized carbons (Fsp3) is 0.429. The number of carbonyl (C=O) groups is 1. The normalized spacial score (nSPS) is 16.2. The van der Waals surface area contributed by atoms with Crippen molar-refractivity contribution < 1.29 is 14.3 Å². The Hall–Kier alpha value is -1.73. The van der Waals surface area contributed by atoms with Gasteiger partial charge in [0.1, 0.15) is 5.52 Å². The molecular weight excluding hydrogens is 290 g/mol. The van der Waals surface area contributed by atoms with Crippen LogP contribution in [0.25, 0.3) is 11.1 Å². The third-order valence-electron chi connectivity index (χ3n) is 3.44. The fourth-order valence-corrected chi connectivity index (χ4v) is 3.26. The topological polar surface area (TPSA) is 78.6 Å². The molecular formula is C14H17N3O3S. The predicted molar refractivity (Wildman–Crippen MR) is 83.2 cm³/mol. The monoisotopic (exact) mass is 307 g/mol. The van der Waals surface area contributed by atoms with Crippen molar-refractivity contribution in [2.75, 3.05) is 43.0 Å². The van der Waals surface area contributed by atoms with Crippen LogP contribution in [0.2, 0.25) is 0 Å². The van der Waals surface area contributed by atoms with Crippen LogP contribution in [-0.2, 0) is 0 Å². The second-order valence-corrected chi connectivity index (χ2v) is 6.11. The average molecular weight is 307 g/mol. The van der Waals surface area contributed by atoms with Gasteiger partial charge in [0.15, 0.2) is 5.58 Å². The lowest BCUT2D eigenvalue weighted by molar-refractivity contribution is 0.0697. The van der Waals surface area contributed by atoms with Crippen molar-refractivity contribution in [2.45, 2.75) is 0 Å². The maximum absolute atomic E-state index is 10.9. The zero-order chi connectivity index (χ0) is 14.7. The Morgan fingerprint density at radius 1 is 1.43 bits per heavy atom. The quantitative estimate of drug-likeness (QED) is 0.874. The summed E-state index contributed by atoms with van der Waals surface area (Å²) in [6.45, 7) is 3.98. The van der Waals surface area contributed by atoms with Gasteiger partial charge in [0.2, 0.25) is 0 Å². The van der Waals surface area contributed by atoms with E-state index in [4.69, 9.17) is 9.52 Å². The van der Waals surface area contributed by atoms with Crippen LogP contribution in [0.5, 0.6) is 0 Å². The van der Waals surface area contributed by atoms with Gasteiger partial charge in [-0.1, -0.05) is 0 Å². The molecule has 1 aromatic heterocycles. The zero-order valence-electron chi connectivity index (χ0n) is 11.5. The molecule has 3 rings (SSSR count). The smallest absolute Gasteiger partial charge is 0.335 e. The number of hydrogen-bond donors (Lipinski definition) is 2. The Labute approximate surface area is 126 Å². The molecule has 0 bridgehead atoms. The van der Waals surface area contributed by atoms with E-state index in [9.17, 15) is 4.79 Å². The highest BCUT2D eigenvalue weighted by atomic mass is 32.2. The molecule has 7 heteroatoms. The van der Waals surface area contributed by atoms with Crippen LogP contribution in [0.4, 0.5) is 6.01 Å². The molecule has 6 nitrogen and oxygen atoms in total. The number of thioether (sulfide) groups is 1. The van der Waals surface area contributed by atoms with Gasteiger partial charge in [-0.25, -0.2) is 4.79 Å². The van der Waals surface area contributed by atoms with Gasteiger partial charge in [0, 0.05) is 37.7 Å². The first-order valence-corrected chi connectivity index (χ1v) is 8.06. The fourth-order valence-electron chi connectivity index (χ4n) is 2.28. The number of carboxylic acids is 1. The number of fused-ring (bicyclic) bond motifs is 1. The summed E-state index contributed by atoms with van der Waals surface area (Å²) in [5, 5.41) is 12.1. The van der Waals surface area contributed by atoms with Gasteiger partial charge in [0.25, 0.3) is 6.01 Å². The van der Waals surface area contributed by atoms with Crippen molar-refractivity contribution in [3.8, 4) is 0 Å². The van der Waals surface area contributed by atoms with Gasteiger partial charge in [-0.15, -0.1) is 0 Å². The van der Waals surface area contributed by atoms with Crippen molar-refractivity contribution in [3.63, 3.8) is 0 Å². The van der Waals surface area contributed by atoms with Gasteiger partial charge in [-0.3, -0.25) is 4.90 Å². The number of oxazole rings is 1. The standard InChI is InChI=1S/C14H17N3O3S/c18-13(19)10-1-2-11-12(9-10)20-14(16-11)15-3-4-17-5-7-21-8-6-17/h1-2,9H,3-8H2,(H,15,16)(H,18,19). The Morgan fingerprint density at radius 3 is 3.00 bits per heavy atom. The van der Waals surface area contributed by atoms with Crippen LogP contribution in [0.3, 0.4) is 0 Å². The highest BCUT2D eigenvalue weighted by molar-refractivity contribution is 7.99. The number of aromatic carboxylic acids is 1. The minimum absolute atomic E-state index is 0.205. The van der Waals surface area contributed by atoms with Gasteiger partial charge in [-0.2, -0.15) is 16.7 Å². The summed E-state index contributed by atoms with van der Waals surface area (Å²) in [6, 6.07) is 5.13. The van der Waals surface area contributed by atoms with Crippen LogP contribution in [0.1, 0.15) is 10.4 Å². The number of aromatic nitrogens is 1. The molecule has 2 heterocycles. The molecule has 21 heavy (non-hydrogen) atoms. The molecule has 0 saturated carbocycles. The number of rotatable bonds is 5. The molecule has 1 saturated heterocycles. The van der Waals surface area contributed by atoms with E-state index in [1.165, 1.54) is 23.6 Å². The van der Waals surface area contributed by atoms with E-state index in [0.717, 1.165) is 26.2 Å². The van der Waals surface area contributed by atoms with Crippen LogP contribution in [0.15, 0.2) is 22.6 Å². The maximum atomic E-state index is 10.9. The first-order valence-electron chi connectivity index (χ1n) is 6.90. The third-order valence-corrected chi connectivity index (χ3v) is 4.39. The number of nitrogens with zero attached hydrogens (tertiary/aromatic N) is 2. The summed E-state index contributed by atoms with van der Waals surface area (Å²) in [5.41, 5.74) is 1.36. The highest BCUT2D eigenvalue weighted by Crippen LogP contribution is 2.20. The largest absolute Gasteiger partial charge is 0.478 e. The molecule has 0 unspecified atom stereocenters. The SMILES string of the molecule is O=C(O)c1ccc2nc(NCCN3CCSCC3)oc2c1. The number of nitrogens with one attached hydrogen (secondary N) is 1. The van der Waals surface area contributed by atoms with Crippen molar-refractivity contribution in [1.29, 1.82) is 0 Å². The molecule has 2 aromatic rings. The molecule has 1 aliphatic rings. The molecule has 1 aliphatic heterocycles. The first-order chi connectivity index (χ1) is 10.2. The van der Waals surface area contributed by atoms with Crippen molar-refractivity contribution in [3.05, 3.63) is 23.8 Å². The minimum atomic E-state index is -0.967. The Bertz CT molecular complexity index is 637. The Kier molecular flexibility index (Phi) is 4.31. The molecule has 0 amide bonds. The number of benzene rings is 1. The van der Waals surface area contributed by atoms with E-state index in [-0.39, 0.29) is 5.56 Å². The van der Waals surface area contributed by atoms with E-state index in [0.29, 0.717) is 17.1 Å². The average Bonchev–Trinajstić information content (AvgIpc) is 2.90. The maximum Gasteiger partial charge on any atom is 0.335 e. The second-order valence-electron chi connectivity index (χ2n) is 4.89. The summed E-state index contributed by atoms with van der Waals surface area (Å²) in [6.07, 6.45) is 0. The lowest BCUT2D eigenvalue weighted by atomic mass is 10.2. The van der Waals surface area contributed by atoms with Gasteiger partial charge in [-0.05, 0) is 18.2 Å². The molecule has 0 aliphatic carbocycles. The van der Waals surface area contributed by atoms with Crippen molar-refractivity contribution >= 4 is 34.8 Å². The van der Waals surface area contributed by atoms with Gasteiger partial charge in [0.05, 0.1) is 5.56 Å². The molecule has 112 valence electrons. The minimum Gasteiger partial charge on any atom is -0.478 e. The van der Waals surface area contributed by atoms with E-state index in [2.05, 4.69) is 15.2 Å². The Balaban J connectivity index is 1.60. The summed E-state index contributed by atoms with van der Waals surface area (Å²) in [7, 11) is 0. The number of anilines is 1. The zero-order valence-corrected chi connectivity index (χ0v) is 12.4. The lowest BCUT2D eigenvalue weighted by Crippen LogP contribution is -2.36. The van der Waals surface area contributed by atoms with Crippen LogP contribution >= 0.6 is 11.8 Å². The third kappa shape index (κ3) is 3.48. The predicted octanol–water partition coefficient (Wildman–Crippen LogP) is 1.99. The second kappa shape index (κ2) is 6.36. The van der Waals surface area contributed by atoms with Crippen molar-refractivity contribution in [2.24, 2.45) is 0 Å². The van der Waals surface area contributed by atoms with Gasteiger partial charge < -0.3 is 14.8 Å². The molecule has 1 fully saturated rings. The first kappa shape index (κ1) is 14.2. The van der Waals surface area contributed by atoms with Gasteiger partial charge >= 0.3 is 5.97 Å². The van der Waals surface area contributed by atoms with E-state index in [1.54, 1.807) is 6.07 Å². The summed E-state index contributed by atoms with van der Waals surface area (Å²) in [5.74, 6) is 1.42. The lowest BCUT2D eigenvalue weighted by Gasteiger charge is -2.25. The molecule has 1 aromatic carbocycles. The van der Waals surface area contributed by atoms with E-state index < -0.39 is 5.97 Å². The highest BCUT2D eigenvalue weighted by Gasteiger charge is 2.11. The summed E-state index contributed by atoms with van der Waals surface area (Å²) in [4.78, 5) is 17.6. The molecule has 0 atom stereocenters. The number of hydrogen-bond acceptors (Lipinski definition) is 6. The van der Waals surface area contributed by atoms with Crippen LogP contribution < -0.4 is 5.32 Å². The van der Waals surface area contributed by atoms with Crippen LogP contribution in [-0.4, -0.2) is 58.6 Å². The van der Waals surface area contributed by atoms with Crippen molar-refractivity contribution in [1.82, 2.24) is 9.88 Å². The molecule has 0 spiro atoms. The summed E-state index contributed by atoms with van der Waals surface area (Å²) >= 11 is 1.99. The summed E-state index contributed by atoms with van der Waals surface area (Å²) < 4.78 is 5.54.